The number of carbonyl (C=O) groups excluding carboxylic acids is 2. The van der Waals surface area contributed by atoms with Gasteiger partial charge in [0, 0.05) is 37.2 Å². The Morgan fingerprint density at radius 3 is 2.33 bits per heavy atom. The number of halogens is 2. The Morgan fingerprint density at radius 2 is 1.70 bits per heavy atom. The second-order valence-corrected chi connectivity index (χ2v) is 8.92. The van der Waals surface area contributed by atoms with Crippen molar-refractivity contribution in [1.29, 1.82) is 0 Å². The van der Waals surface area contributed by atoms with Gasteiger partial charge in [0.2, 0.25) is 5.91 Å². The molecule has 2 aromatic rings. The third-order valence-electron chi connectivity index (χ3n) is 5.82. The maximum absolute atomic E-state index is 13.0. The van der Waals surface area contributed by atoms with Crippen molar-refractivity contribution in [1.82, 2.24) is 20.9 Å². The van der Waals surface area contributed by atoms with E-state index in [0.717, 1.165) is 49.5 Å². The van der Waals surface area contributed by atoms with Crippen molar-refractivity contribution in [2.24, 2.45) is 0 Å². The molecule has 3 N–H and O–H groups in total. The molecule has 178 valence electrons. The van der Waals surface area contributed by atoms with E-state index >= 15 is 0 Å². The lowest BCUT2D eigenvalue weighted by molar-refractivity contribution is -0.124. The predicted octanol–water partition coefficient (Wildman–Crippen LogP) is 4.23. The summed E-state index contributed by atoms with van der Waals surface area (Å²) >= 11 is 5.96. The number of benzene rings is 2. The van der Waals surface area contributed by atoms with Crippen LogP contribution in [0.5, 0.6) is 0 Å². The zero-order valence-corrected chi connectivity index (χ0v) is 19.7. The minimum atomic E-state index is -0.588. The van der Waals surface area contributed by atoms with Gasteiger partial charge in [0.15, 0.2) is 0 Å². The van der Waals surface area contributed by atoms with Crippen LogP contribution < -0.4 is 16.0 Å². The predicted molar refractivity (Wildman–Crippen MR) is 128 cm³/mol. The monoisotopic (exact) mass is 474 g/mol. The van der Waals surface area contributed by atoms with Gasteiger partial charge < -0.3 is 16.0 Å². The van der Waals surface area contributed by atoms with Gasteiger partial charge in [0.05, 0.1) is 0 Å². The number of nitrogens with zero attached hydrogens (tertiary/aromatic N) is 1. The maximum Gasteiger partial charge on any atom is 0.315 e. The fraction of sp³-hybridized carbons (Fsp3) is 0.440. The molecule has 0 aromatic heterocycles. The molecule has 0 radical (unpaired) electrons. The van der Waals surface area contributed by atoms with Crippen LogP contribution in [0.2, 0.25) is 5.02 Å². The highest BCUT2D eigenvalue weighted by Gasteiger charge is 2.25. The Morgan fingerprint density at radius 1 is 1.06 bits per heavy atom. The van der Waals surface area contributed by atoms with Gasteiger partial charge in [-0.3, -0.25) is 9.69 Å². The number of rotatable bonds is 9. The van der Waals surface area contributed by atoms with E-state index in [4.69, 9.17) is 11.6 Å². The van der Waals surface area contributed by atoms with Crippen LogP contribution in [0.4, 0.5) is 9.18 Å². The summed E-state index contributed by atoms with van der Waals surface area (Å²) in [5.41, 5.74) is 2.01. The average Bonchev–Trinajstić information content (AvgIpc) is 2.81. The van der Waals surface area contributed by atoms with Gasteiger partial charge in [-0.05, 0) is 54.7 Å². The summed E-state index contributed by atoms with van der Waals surface area (Å²) in [4.78, 5) is 27.5. The molecular formula is C25H32ClFN4O2. The Labute approximate surface area is 199 Å². The van der Waals surface area contributed by atoms with Crippen LogP contribution in [0.3, 0.4) is 0 Å². The third-order valence-corrected chi connectivity index (χ3v) is 6.07. The van der Waals surface area contributed by atoms with Crippen molar-refractivity contribution < 1.29 is 14.0 Å². The molecule has 6 nitrogen and oxygen atoms in total. The van der Waals surface area contributed by atoms with Crippen molar-refractivity contribution in [2.45, 2.75) is 57.8 Å². The van der Waals surface area contributed by atoms with Gasteiger partial charge in [-0.15, -0.1) is 0 Å². The first-order chi connectivity index (χ1) is 15.9. The van der Waals surface area contributed by atoms with Crippen LogP contribution in [0, 0.1) is 5.82 Å². The molecule has 1 aliphatic heterocycles. The van der Waals surface area contributed by atoms with Crippen LogP contribution in [-0.2, 0) is 17.9 Å². The molecule has 1 heterocycles. The first kappa shape index (κ1) is 25.0. The fourth-order valence-corrected chi connectivity index (χ4v) is 4.06. The molecule has 0 aliphatic carbocycles. The van der Waals surface area contributed by atoms with Crippen molar-refractivity contribution in [2.75, 3.05) is 13.1 Å². The Balaban J connectivity index is 1.42. The molecule has 1 unspecified atom stereocenters. The molecule has 0 saturated carbocycles. The first-order valence-electron chi connectivity index (χ1n) is 11.5. The minimum Gasteiger partial charge on any atom is -0.351 e. The van der Waals surface area contributed by atoms with Crippen molar-refractivity contribution in [3.05, 3.63) is 70.5 Å². The van der Waals surface area contributed by atoms with Gasteiger partial charge in [-0.1, -0.05) is 49.2 Å². The quantitative estimate of drug-likeness (QED) is 0.509. The first-order valence-corrected chi connectivity index (χ1v) is 11.9. The Bertz CT molecular complexity index is 900. The van der Waals surface area contributed by atoms with Gasteiger partial charge in [0.1, 0.15) is 11.9 Å². The van der Waals surface area contributed by atoms with Crippen molar-refractivity contribution in [3.8, 4) is 0 Å². The van der Waals surface area contributed by atoms with E-state index in [1.54, 1.807) is 12.1 Å². The maximum atomic E-state index is 13.0. The minimum absolute atomic E-state index is 0.0994. The van der Waals surface area contributed by atoms with Crippen LogP contribution in [0.15, 0.2) is 48.5 Å². The zero-order valence-electron chi connectivity index (χ0n) is 18.9. The number of carbonyl (C=O) groups is 2. The summed E-state index contributed by atoms with van der Waals surface area (Å²) < 4.78 is 13.0. The highest BCUT2D eigenvalue weighted by Crippen LogP contribution is 2.16. The number of hydrogen-bond donors (Lipinski definition) is 3. The van der Waals surface area contributed by atoms with Crippen LogP contribution in [-0.4, -0.2) is 42.0 Å². The molecule has 3 rings (SSSR count). The number of amides is 3. The van der Waals surface area contributed by atoms with E-state index in [9.17, 15) is 14.0 Å². The molecule has 0 spiro atoms. The lowest BCUT2D eigenvalue weighted by atomic mass is 10.0. The third kappa shape index (κ3) is 8.33. The molecule has 1 aliphatic rings. The molecule has 3 amide bonds. The molecule has 0 bridgehead atoms. The molecule has 1 atom stereocenters. The second-order valence-electron chi connectivity index (χ2n) is 8.48. The van der Waals surface area contributed by atoms with Gasteiger partial charge >= 0.3 is 6.03 Å². The molecule has 8 heteroatoms. The summed E-state index contributed by atoms with van der Waals surface area (Å²) in [6.07, 6.45) is 3.07. The second kappa shape index (κ2) is 12.6. The highest BCUT2D eigenvalue weighted by atomic mass is 35.5. The summed E-state index contributed by atoms with van der Waals surface area (Å²) in [5, 5.41) is 9.36. The summed E-state index contributed by atoms with van der Waals surface area (Å²) in [7, 11) is 0. The van der Waals surface area contributed by atoms with E-state index in [1.807, 2.05) is 31.2 Å². The summed E-state index contributed by atoms with van der Waals surface area (Å²) in [5.74, 6) is -0.469. The average molecular weight is 475 g/mol. The number of piperidine rings is 1. The number of nitrogens with one attached hydrogen (secondary N) is 3. The molecule has 33 heavy (non-hydrogen) atoms. The van der Waals surface area contributed by atoms with Crippen LogP contribution >= 0.6 is 11.6 Å². The zero-order chi connectivity index (χ0) is 23.6. The van der Waals surface area contributed by atoms with Gasteiger partial charge in [0.25, 0.3) is 0 Å². The smallest absolute Gasteiger partial charge is 0.315 e. The standard InChI is InChI=1S/C25H32ClFN4O2/c1-2-3-23(30-25(33)28-16-18-6-10-21(27)11-7-18)24(32)29-22-12-14-31(15-13-22)17-19-4-8-20(26)9-5-19/h4-11,22-23H,2-3,12-17H2,1H3,(H,29,32)(H2,28,30,33). The van der Waals surface area contributed by atoms with E-state index in [2.05, 4.69) is 20.9 Å². The van der Waals surface area contributed by atoms with Gasteiger partial charge in [-0.2, -0.15) is 0 Å². The summed E-state index contributed by atoms with van der Waals surface area (Å²) in [6, 6.07) is 12.9. The Kier molecular flexibility index (Phi) is 9.51. The van der Waals surface area contributed by atoms with E-state index < -0.39 is 12.1 Å². The van der Waals surface area contributed by atoms with Crippen molar-refractivity contribution in [3.63, 3.8) is 0 Å². The van der Waals surface area contributed by atoms with E-state index in [-0.39, 0.29) is 24.3 Å². The molecular weight excluding hydrogens is 443 g/mol. The number of hydrogen-bond acceptors (Lipinski definition) is 3. The fourth-order valence-electron chi connectivity index (χ4n) is 3.94. The normalized spacial score (nSPS) is 15.6. The summed E-state index contributed by atoms with van der Waals surface area (Å²) in [6.45, 7) is 4.91. The van der Waals surface area contributed by atoms with Crippen LogP contribution in [0.25, 0.3) is 0 Å². The van der Waals surface area contributed by atoms with E-state index in [0.29, 0.717) is 6.42 Å². The Hall–Kier alpha value is -2.64. The number of urea groups is 1. The SMILES string of the molecule is CCCC(NC(=O)NCc1ccc(F)cc1)C(=O)NC1CCN(Cc2ccc(Cl)cc2)CC1. The largest absolute Gasteiger partial charge is 0.351 e. The molecule has 1 saturated heterocycles. The van der Waals surface area contributed by atoms with E-state index in [1.165, 1.54) is 17.7 Å². The van der Waals surface area contributed by atoms with Crippen molar-refractivity contribution >= 4 is 23.5 Å². The lowest BCUT2D eigenvalue weighted by Crippen LogP contribution is -2.53. The lowest BCUT2D eigenvalue weighted by Gasteiger charge is -2.33. The highest BCUT2D eigenvalue weighted by molar-refractivity contribution is 6.30. The number of likely N-dealkylation sites (tertiary alicyclic amines) is 1. The van der Waals surface area contributed by atoms with Gasteiger partial charge in [-0.25, -0.2) is 9.18 Å². The molecule has 1 fully saturated rings. The topological polar surface area (TPSA) is 73.5 Å². The van der Waals surface area contributed by atoms with Crippen LogP contribution in [0.1, 0.15) is 43.7 Å². The molecule has 2 aromatic carbocycles.